The van der Waals surface area contributed by atoms with Gasteiger partial charge in [-0.15, -0.1) is 0 Å². The third-order valence-corrected chi connectivity index (χ3v) is 3.63. The molecular formula is C16H21BN3O2W-. The maximum Gasteiger partial charge on any atom is 0.245 e. The molecule has 1 aromatic rings. The van der Waals surface area contributed by atoms with Crippen molar-refractivity contribution in [1.29, 1.82) is 0 Å². The zero-order valence-electron chi connectivity index (χ0n) is 14.2. The Hall–Kier alpha value is -1.29. The Bertz CT molecular complexity index is 613. The van der Waals surface area contributed by atoms with Gasteiger partial charge in [0, 0.05) is 38.9 Å². The summed E-state index contributed by atoms with van der Waals surface area (Å²) in [6, 6.07) is 3.47. The zero-order valence-corrected chi connectivity index (χ0v) is 16.2. The van der Waals surface area contributed by atoms with Gasteiger partial charge in [0.2, 0.25) is 19.8 Å². The summed E-state index contributed by atoms with van der Waals surface area (Å²) in [6.07, 6.45) is 4.18. The van der Waals surface area contributed by atoms with Crippen molar-refractivity contribution in [3.63, 3.8) is 0 Å². The van der Waals surface area contributed by atoms with Crippen molar-refractivity contribution in [2.24, 2.45) is 0 Å². The van der Waals surface area contributed by atoms with Crippen LogP contribution in [0.2, 0.25) is 0 Å². The Morgan fingerprint density at radius 1 is 1.48 bits per heavy atom. The van der Waals surface area contributed by atoms with Gasteiger partial charge in [0.15, 0.2) is 0 Å². The van der Waals surface area contributed by atoms with E-state index >= 15 is 0 Å². The van der Waals surface area contributed by atoms with E-state index in [0.29, 0.717) is 23.5 Å². The quantitative estimate of drug-likeness (QED) is 0.372. The molecular weight excluding hydrogens is 461 g/mol. The number of carbonyl (C=O) groups is 2. The van der Waals surface area contributed by atoms with Gasteiger partial charge < -0.3 is 22.4 Å². The number of fused-ring (bicyclic) bond motifs is 1. The molecule has 1 aliphatic rings. The third kappa shape index (κ3) is 5.10. The van der Waals surface area contributed by atoms with Crippen LogP contribution in [0.25, 0.3) is 0 Å². The van der Waals surface area contributed by atoms with E-state index < -0.39 is 11.9 Å². The van der Waals surface area contributed by atoms with Crippen LogP contribution < -0.4 is 15.4 Å². The van der Waals surface area contributed by atoms with E-state index in [9.17, 15) is 9.59 Å². The van der Waals surface area contributed by atoms with Crippen molar-refractivity contribution in [3.8, 4) is 0 Å². The number of hydrogen-bond donors (Lipinski definition) is 2. The second-order valence-corrected chi connectivity index (χ2v) is 5.35. The van der Waals surface area contributed by atoms with Crippen molar-refractivity contribution in [1.82, 2.24) is 0 Å². The Kier molecular flexibility index (Phi) is 7.16. The topological polar surface area (TPSA) is 61.4 Å². The normalized spacial score (nSPS) is 20.0. The summed E-state index contributed by atoms with van der Waals surface area (Å²) < 4.78 is 7.96. The van der Waals surface area contributed by atoms with Gasteiger partial charge >= 0.3 is 0 Å². The number of unbranched alkanes of at least 4 members (excludes halogenated alkanes) is 3. The van der Waals surface area contributed by atoms with Crippen LogP contribution >= 0.6 is 0 Å². The van der Waals surface area contributed by atoms with Gasteiger partial charge in [0.1, 0.15) is 0 Å². The van der Waals surface area contributed by atoms with Crippen molar-refractivity contribution in [2.75, 3.05) is 15.4 Å². The molecule has 2 N–H and O–H groups in total. The first-order valence-electron chi connectivity index (χ1n) is 7.96. The van der Waals surface area contributed by atoms with Crippen LogP contribution in [0.1, 0.15) is 40.4 Å². The van der Waals surface area contributed by atoms with Crippen molar-refractivity contribution >= 4 is 36.9 Å². The molecule has 1 heterocycles. The zero-order chi connectivity index (χ0) is 17.0. The van der Waals surface area contributed by atoms with E-state index in [4.69, 9.17) is 9.35 Å². The van der Waals surface area contributed by atoms with E-state index in [1.165, 1.54) is 6.92 Å². The van der Waals surface area contributed by atoms with Crippen LogP contribution in [0, 0.1) is 6.92 Å². The summed E-state index contributed by atoms with van der Waals surface area (Å²) >= 11 is 0. The van der Waals surface area contributed by atoms with Gasteiger partial charge in [0.25, 0.3) is 0 Å². The first-order valence-corrected chi connectivity index (χ1v) is 7.46. The Morgan fingerprint density at radius 2 is 2.22 bits per heavy atom. The molecule has 2 radical (unpaired) electrons. The van der Waals surface area contributed by atoms with Crippen molar-refractivity contribution in [2.45, 2.75) is 45.0 Å². The molecule has 7 heteroatoms. The number of amides is 2. The largest absolute Gasteiger partial charge is 0.413 e. The second-order valence-electron chi connectivity index (χ2n) is 5.35. The Labute approximate surface area is 154 Å². The standard InChI is InChI=1S/C16H21BN3O2.W/c1-3-4-5-6-7-15(21)18-12-8-9-14-13(10-12)19-16(22)11(2)20(14)17;/h8-11H,1,3-7H2,2H3,(H,18,21)(H,19,22);/q-1;/i11D;. The number of hydrogen-bond acceptors (Lipinski definition) is 3. The van der Waals surface area contributed by atoms with Crippen LogP contribution in [0.4, 0.5) is 17.1 Å². The number of nitrogens with zero attached hydrogens (tertiary/aromatic N) is 1. The summed E-state index contributed by atoms with van der Waals surface area (Å²) in [5.41, 5.74) is 1.61. The molecule has 5 nitrogen and oxygen atoms in total. The maximum atomic E-state index is 11.9. The minimum absolute atomic E-state index is 0. The van der Waals surface area contributed by atoms with E-state index in [0.717, 1.165) is 30.5 Å². The molecule has 0 aliphatic carbocycles. The average Bonchev–Trinajstić information content (AvgIpc) is 2.50. The predicted molar refractivity (Wildman–Crippen MR) is 89.8 cm³/mol. The molecule has 1 unspecified atom stereocenters. The average molecular weight is 483 g/mol. The predicted octanol–water partition coefficient (Wildman–Crippen LogP) is 2.64. The van der Waals surface area contributed by atoms with Crippen molar-refractivity contribution < 1.29 is 32.0 Å². The van der Waals surface area contributed by atoms with Gasteiger partial charge in [-0.1, -0.05) is 12.8 Å². The third-order valence-electron chi connectivity index (χ3n) is 3.63. The first kappa shape index (κ1) is 18.1. The fourth-order valence-corrected chi connectivity index (χ4v) is 2.29. The maximum absolute atomic E-state index is 11.9. The van der Waals surface area contributed by atoms with E-state index in [1.807, 2.05) is 0 Å². The number of anilines is 3. The minimum atomic E-state index is -1.56. The fraction of sp³-hybridized carbons (Fsp3) is 0.438. The molecule has 2 rings (SSSR count). The molecule has 2 amide bonds. The Morgan fingerprint density at radius 3 is 2.91 bits per heavy atom. The number of carbonyl (C=O) groups excluding carboxylic acids is 2. The minimum Gasteiger partial charge on any atom is -0.413 e. The molecule has 0 saturated heterocycles. The van der Waals surface area contributed by atoms with Crippen LogP contribution in [-0.4, -0.2) is 25.8 Å². The van der Waals surface area contributed by atoms with Crippen LogP contribution in [0.15, 0.2) is 18.2 Å². The number of benzene rings is 1. The molecule has 0 bridgehead atoms. The van der Waals surface area contributed by atoms with E-state index in [2.05, 4.69) is 17.6 Å². The molecule has 23 heavy (non-hydrogen) atoms. The summed E-state index contributed by atoms with van der Waals surface area (Å²) in [4.78, 5) is 24.9. The summed E-state index contributed by atoms with van der Waals surface area (Å²) in [7, 11) is 5.85. The van der Waals surface area contributed by atoms with Gasteiger partial charge in [-0.3, -0.25) is 9.59 Å². The van der Waals surface area contributed by atoms with E-state index in [1.54, 1.807) is 18.2 Å². The monoisotopic (exact) mass is 483 g/mol. The first-order chi connectivity index (χ1) is 10.9. The van der Waals surface area contributed by atoms with Gasteiger partial charge in [-0.25, -0.2) is 0 Å². The van der Waals surface area contributed by atoms with Gasteiger partial charge in [-0.05, 0) is 31.5 Å². The number of nitrogens with one attached hydrogen (secondary N) is 2. The fourth-order valence-electron chi connectivity index (χ4n) is 2.29. The molecule has 1 aliphatic heterocycles. The summed E-state index contributed by atoms with van der Waals surface area (Å²) in [5.74, 6) is -0.574. The van der Waals surface area contributed by atoms with Crippen LogP contribution in [-0.2, 0) is 30.7 Å². The SMILES string of the molecule is [2H]C1(C)C(=O)Nc2cc(NC(=O)CCCCC[CH2-])ccc2N1[B].[W]. The van der Waals surface area contributed by atoms with Gasteiger partial charge in [-0.2, -0.15) is 6.42 Å². The molecule has 122 valence electrons. The van der Waals surface area contributed by atoms with Crippen LogP contribution in [0.5, 0.6) is 0 Å². The van der Waals surface area contributed by atoms with E-state index in [-0.39, 0.29) is 27.0 Å². The molecule has 0 saturated carbocycles. The molecule has 1 aromatic carbocycles. The molecule has 0 spiro atoms. The van der Waals surface area contributed by atoms with Crippen LogP contribution in [0.3, 0.4) is 0 Å². The number of rotatable bonds is 6. The molecule has 0 fully saturated rings. The summed E-state index contributed by atoms with van der Waals surface area (Å²) in [5, 5.41) is 5.46. The smallest absolute Gasteiger partial charge is 0.245 e. The molecule has 0 aromatic heterocycles. The molecule has 1 atom stereocenters. The van der Waals surface area contributed by atoms with Crippen molar-refractivity contribution in [3.05, 3.63) is 25.1 Å². The second kappa shape index (κ2) is 9.12. The summed E-state index contributed by atoms with van der Waals surface area (Å²) in [6.45, 7) is 5.19. The van der Waals surface area contributed by atoms with Gasteiger partial charge in [0.05, 0.1) is 13.1 Å². The Balaban J connectivity index is 0.00000288.